The van der Waals surface area contributed by atoms with E-state index in [0.29, 0.717) is 10.9 Å². The van der Waals surface area contributed by atoms with Gasteiger partial charge in [0, 0.05) is 15.5 Å². The molecule has 1 aromatic heterocycles. The number of amides is 1. The molecule has 1 amide bonds. The van der Waals surface area contributed by atoms with E-state index >= 15 is 0 Å². The van der Waals surface area contributed by atoms with Gasteiger partial charge < -0.3 is 0 Å². The lowest BCUT2D eigenvalue weighted by Gasteiger charge is -2.16. The summed E-state index contributed by atoms with van der Waals surface area (Å²) in [5, 5.41) is 0.667. The molecule has 126 valence electrons. The van der Waals surface area contributed by atoms with Crippen molar-refractivity contribution in [3.63, 3.8) is 0 Å². The molecule has 0 radical (unpaired) electrons. The lowest BCUT2D eigenvalue weighted by molar-refractivity contribution is 0.0946. The van der Waals surface area contributed by atoms with Gasteiger partial charge in [0.15, 0.2) is 0 Å². The first-order valence-electron chi connectivity index (χ1n) is 8.17. The van der Waals surface area contributed by atoms with E-state index in [1.54, 1.807) is 11.3 Å². The van der Waals surface area contributed by atoms with Gasteiger partial charge in [0.2, 0.25) is 0 Å². The Balaban J connectivity index is 1.67. The first kappa shape index (κ1) is 17.1. The van der Waals surface area contributed by atoms with Crippen molar-refractivity contribution in [2.24, 2.45) is 5.92 Å². The van der Waals surface area contributed by atoms with E-state index in [4.69, 9.17) is 11.6 Å². The SMILES string of the molecule is C/C=C(\NNC(=O)c1cc2c(s1)CC[C@@H](C)C2)c1cccc(Cl)c1. The summed E-state index contributed by atoms with van der Waals surface area (Å²) in [6.45, 7) is 4.19. The van der Waals surface area contributed by atoms with E-state index in [2.05, 4.69) is 17.8 Å². The molecule has 3 nitrogen and oxygen atoms in total. The first-order valence-corrected chi connectivity index (χ1v) is 9.36. The molecular weight excluding hydrogens is 340 g/mol. The van der Waals surface area contributed by atoms with Crippen LogP contribution in [0.15, 0.2) is 36.4 Å². The number of rotatable bonds is 4. The number of thiophene rings is 1. The number of hydrogen-bond acceptors (Lipinski definition) is 3. The predicted molar refractivity (Wildman–Crippen MR) is 101 cm³/mol. The molecule has 1 aromatic carbocycles. The van der Waals surface area contributed by atoms with Gasteiger partial charge in [-0.05, 0) is 55.9 Å². The second-order valence-electron chi connectivity index (χ2n) is 6.20. The second kappa shape index (κ2) is 7.41. The van der Waals surface area contributed by atoms with Gasteiger partial charge in [0.05, 0.1) is 10.6 Å². The quantitative estimate of drug-likeness (QED) is 0.767. The zero-order valence-electron chi connectivity index (χ0n) is 13.9. The van der Waals surface area contributed by atoms with Gasteiger partial charge in [0.1, 0.15) is 0 Å². The van der Waals surface area contributed by atoms with Crippen LogP contribution in [0.3, 0.4) is 0 Å². The van der Waals surface area contributed by atoms with Crippen molar-refractivity contribution in [2.45, 2.75) is 33.1 Å². The number of fused-ring (bicyclic) bond motifs is 1. The van der Waals surface area contributed by atoms with Crippen molar-refractivity contribution in [3.8, 4) is 0 Å². The molecule has 24 heavy (non-hydrogen) atoms. The average molecular weight is 361 g/mol. The van der Waals surface area contributed by atoms with Gasteiger partial charge >= 0.3 is 0 Å². The van der Waals surface area contributed by atoms with Gasteiger partial charge in [-0.25, -0.2) is 0 Å². The van der Waals surface area contributed by atoms with Gasteiger partial charge in [0.25, 0.3) is 5.91 Å². The van der Waals surface area contributed by atoms with Crippen LogP contribution in [0.4, 0.5) is 0 Å². The molecule has 1 aliphatic carbocycles. The molecule has 0 bridgehead atoms. The Morgan fingerprint density at radius 3 is 2.92 bits per heavy atom. The van der Waals surface area contributed by atoms with Crippen LogP contribution in [-0.2, 0) is 12.8 Å². The molecule has 5 heteroatoms. The largest absolute Gasteiger partial charge is 0.298 e. The van der Waals surface area contributed by atoms with Crippen molar-refractivity contribution in [1.29, 1.82) is 0 Å². The first-order chi connectivity index (χ1) is 11.6. The molecule has 2 N–H and O–H groups in total. The van der Waals surface area contributed by atoms with Crippen molar-refractivity contribution in [3.05, 3.63) is 62.3 Å². The molecule has 1 aliphatic rings. The van der Waals surface area contributed by atoms with Crippen LogP contribution in [0.5, 0.6) is 0 Å². The van der Waals surface area contributed by atoms with E-state index in [9.17, 15) is 4.79 Å². The molecule has 0 fully saturated rings. The molecule has 3 rings (SSSR count). The smallest absolute Gasteiger partial charge is 0.279 e. The van der Waals surface area contributed by atoms with Crippen LogP contribution in [0.2, 0.25) is 5.02 Å². The normalized spacial score (nSPS) is 17.3. The van der Waals surface area contributed by atoms with Gasteiger partial charge in [-0.15, -0.1) is 11.3 Å². The molecule has 1 atom stereocenters. The van der Waals surface area contributed by atoms with Crippen LogP contribution in [0, 0.1) is 5.92 Å². The summed E-state index contributed by atoms with van der Waals surface area (Å²) in [5.41, 5.74) is 8.90. The number of nitrogens with one attached hydrogen (secondary N) is 2. The Kier molecular flexibility index (Phi) is 5.27. The minimum atomic E-state index is -0.0940. The zero-order chi connectivity index (χ0) is 17.1. The number of halogens is 1. The van der Waals surface area contributed by atoms with Crippen LogP contribution in [-0.4, -0.2) is 5.91 Å². The average Bonchev–Trinajstić information content (AvgIpc) is 2.98. The van der Waals surface area contributed by atoms with Gasteiger partial charge in [-0.3, -0.25) is 15.6 Å². The van der Waals surface area contributed by atoms with Crippen molar-refractivity contribution in [1.82, 2.24) is 10.9 Å². The lowest BCUT2D eigenvalue weighted by Crippen LogP contribution is -2.35. The van der Waals surface area contributed by atoms with E-state index in [1.807, 2.05) is 43.3 Å². The number of hydrazine groups is 1. The third-order valence-electron chi connectivity index (χ3n) is 4.29. The molecule has 0 aliphatic heterocycles. The molecular formula is C19H21ClN2OS. The number of hydrogen-bond donors (Lipinski definition) is 2. The van der Waals surface area contributed by atoms with E-state index in [0.717, 1.165) is 29.0 Å². The standard InChI is InChI=1S/C19H21ClN2OS/c1-3-16(13-5-4-6-15(20)10-13)21-22-19(23)18-11-14-9-12(2)7-8-17(14)24-18/h3-6,10-12,21H,7-9H2,1-2H3,(H,22,23)/b16-3-/t12-/m1/s1. The van der Waals surface area contributed by atoms with Crippen LogP contribution >= 0.6 is 22.9 Å². The highest BCUT2D eigenvalue weighted by Gasteiger charge is 2.20. The zero-order valence-corrected chi connectivity index (χ0v) is 15.4. The number of allylic oxidation sites excluding steroid dienone is 1. The number of carbonyl (C=O) groups excluding carboxylic acids is 1. The summed E-state index contributed by atoms with van der Waals surface area (Å²) < 4.78 is 0. The van der Waals surface area contributed by atoms with Crippen molar-refractivity contribution < 1.29 is 4.79 Å². The van der Waals surface area contributed by atoms with E-state index in [-0.39, 0.29) is 5.91 Å². The predicted octanol–water partition coefficient (Wildman–Crippen LogP) is 4.82. The minimum Gasteiger partial charge on any atom is -0.298 e. The third kappa shape index (κ3) is 3.82. The maximum absolute atomic E-state index is 12.4. The Morgan fingerprint density at radius 2 is 2.17 bits per heavy atom. The maximum Gasteiger partial charge on any atom is 0.279 e. The second-order valence-corrected chi connectivity index (χ2v) is 7.77. The highest BCUT2D eigenvalue weighted by molar-refractivity contribution is 7.14. The van der Waals surface area contributed by atoms with Gasteiger partial charge in [-0.2, -0.15) is 0 Å². The summed E-state index contributed by atoms with van der Waals surface area (Å²) in [6, 6.07) is 9.57. The highest BCUT2D eigenvalue weighted by atomic mass is 35.5. The molecule has 0 unspecified atom stereocenters. The number of benzene rings is 1. The van der Waals surface area contributed by atoms with E-state index < -0.39 is 0 Å². The van der Waals surface area contributed by atoms with Crippen LogP contribution in [0.25, 0.3) is 5.70 Å². The fourth-order valence-electron chi connectivity index (χ4n) is 2.97. The monoisotopic (exact) mass is 360 g/mol. The lowest BCUT2D eigenvalue weighted by atomic mass is 9.90. The number of carbonyl (C=O) groups is 1. The highest BCUT2D eigenvalue weighted by Crippen LogP contribution is 2.32. The summed E-state index contributed by atoms with van der Waals surface area (Å²) in [6.07, 6.45) is 5.29. The Labute approximate surface area is 151 Å². The summed E-state index contributed by atoms with van der Waals surface area (Å²) in [7, 11) is 0. The summed E-state index contributed by atoms with van der Waals surface area (Å²) in [4.78, 5) is 14.6. The Hall–Kier alpha value is -1.78. The minimum absolute atomic E-state index is 0.0940. The van der Waals surface area contributed by atoms with Gasteiger partial charge in [-0.1, -0.05) is 36.7 Å². The maximum atomic E-state index is 12.4. The van der Waals surface area contributed by atoms with E-state index in [1.165, 1.54) is 16.9 Å². The fourth-order valence-corrected chi connectivity index (χ4v) is 4.26. The van der Waals surface area contributed by atoms with Crippen LogP contribution < -0.4 is 10.9 Å². The Morgan fingerprint density at radius 1 is 1.33 bits per heavy atom. The topological polar surface area (TPSA) is 41.1 Å². The summed E-state index contributed by atoms with van der Waals surface area (Å²) in [5.74, 6) is 0.613. The third-order valence-corrected chi connectivity index (χ3v) is 5.76. The summed E-state index contributed by atoms with van der Waals surface area (Å²) >= 11 is 7.64. The molecule has 1 heterocycles. The molecule has 0 saturated heterocycles. The molecule has 0 spiro atoms. The molecule has 2 aromatic rings. The molecule has 0 saturated carbocycles. The van der Waals surface area contributed by atoms with Crippen molar-refractivity contribution in [2.75, 3.05) is 0 Å². The van der Waals surface area contributed by atoms with Crippen molar-refractivity contribution >= 4 is 34.5 Å². The fraction of sp³-hybridized carbons (Fsp3) is 0.316. The Bertz CT molecular complexity index is 781. The van der Waals surface area contributed by atoms with Crippen LogP contribution in [0.1, 0.15) is 45.9 Å². The number of aryl methyl sites for hydroxylation is 1.